The molecular weight excluding hydrogens is 244 g/mol. The van der Waals surface area contributed by atoms with Crippen molar-refractivity contribution in [2.45, 2.75) is 57.2 Å². The van der Waals surface area contributed by atoms with Crippen molar-refractivity contribution in [2.75, 3.05) is 0 Å². The average molecular weight is 266 g/mol. The summed E-state index contributed by atoms with van der Waals surface area (Å²) in [4.78, 5) is 0. The second kappa shape index (κ2) is 6.73. The van der Waals surface area contributed by atoms with Crippen LogP contribution in [0.3, 0.4) is 0 Å². The summed E-state index contributed by atoms with van der Waals surface area (Å²) in [6.45, 7) is 8.41. The topological polar surface area (TPSA) is 75.7 Å². The molecule has 1 heterocycles. The molecule has 3 N–H and O–H groups in total. The van der Waals surface area contributed by atoms with E-state index in [-0.39, 0.29) is 5.84 Å². The predicted octanol–water partition coefficient (Wildman–Crippen LogP) is 2.78. The SMILES string of the molecule is CCc1nnc(SC(C)CC)c(C(=N)N)c1CC. The van der Waals surface area contributed by atoms with E-state index in [1.165, 1.54) is 0 Å². The second-order valence-corrected chi connectivity index (χ2v) is 5.69. The Labute approximate surface area is 113 Å². The van der Waals surface area contributed by atoms with Crippen LogP contribution < -0.4 is 5.73 Å². The number of hydrogen-bond acceptors (Lipinski definition) is 4. The fraction of sp³-hybridized carbons (Fsp3) is 0.615. The number of aryl methyl sites for hydroxylation is 1. The lowest BCUT2D eigenvalue weighted by molar-refractivity contribution is 0.812. The van der Waals surface area contributed by atoms with E-state index in [0.717, 1.165) is 41.1 Å². The Morgan fingerprint density at radius 3 is 2.39 bits per heavy atom. The normalized spacial score (nSPS) is 12.4. The molecule has 0 amide bonds. The maximum Gasteiger partial charge on any atom is 0.130 e. The lowest BCUT2D eigenvalue weighted by Crippen LogP contribution is -2.19. The fourth-order valence-electron chi connectivity index (χ4n) is 1.79. The van der Waals surface area contributed by atoms with Crippen LogP contribution in [0.15, 0.2) is 5.03 Å². The zero-order valence-electron chi connectivity index (χ0n) is 11.6. The number of nitrogens with two attached hydrogens (primary N) is 1. The van der Waals surface area contributed by atoms with Gasteiger partial charge in [-0.05, 0) is 24.8 Å². The number of thioether (sulfide) groups is 1. The molecular formula is C13H22N4S. The molecule has 1 aromatic heterocycles. The summed E-state index contributed by atoms with van der Waals surface area (Å²) >= 11 is 1.65. The third kappa shape index (κ3) is 3.22. The van der Waals surface area contributed by atoms with Crippen LogP contribution in [-0.4, -0.2) is 21.3 Å². The zero-order chi connectivity index (χ0) is 13.7. The van der Waals surface area contributed by atoms with Gasteiger partial charge >= 0.3 is 0 Å². The number of rotatable bonds is 6. The molecule has 0 radical (unpaired) electrons. The zero-order valence-corrected chi connectivity index (χ0v) is 12.4. The van der Waals surface area contributed by atoms with E-state index >= 15 is 0 Å². The molecule has 0 aliphatic rings. The van der Waals surface area contributed by atoms with Crippen LogP contribution >= 0.6 is 11.8 Å². The van der Waals surface area contributed by atoms with Gasteiger partial charge in [-0.3, -0.25) is 5.41 Å². The minimum absolute atomic E-state index is 0.0993. The lowest BCUT2D eigenvalue weighted by Gasteiger charge is -2.15. The van der Waals surface area contributed by atoms with Crippen molar-refractivity contribution in [3.05, 3.63) is 16.8 Å². The third-order valence-corrected chi connectivity index (χ3v) is 4.22. The van der Waals surface area contributed by atoms with Gasteiger partial charge in [0, 0.05) is 5.25 Å². The third-order valence-electron chi connectivity index (χ3n) is 2.97. The first-order chi connectivity index (χ1) is 8.54. The molecule has 18 heavy (non-hydrogen) atoms. The molecule has 0 bridgehead atoms. The summed E-state index contributed by atoms with van der Waals surface area (Å²) in [7, 11) is 0. The monoisotopic (exact) mass is 266 g/mol. The van der Waals surface area contributed by atoms with E-state index in [0.29, 0.717) is 5.25 Å². The molecule has 0 aliphatic carbocycles. The summed E-state index contributed by atoms with van der Waals surface area (Å²) in [5, 5.41) is 17.6. The van der Waals surface area contributed by atoms with E-state index in [1.54, 1.807) is 11.8 Å². The lowest BCUT2D eigenvalue weighted by atomic mass is 10.0. The smallest absolute Gasteiger partial charge is 0.130 e. The number of nitrogens with one attached hydrogen (secondary N) is 1. The van der Waals surface area contributed by atoms with Gasteiger partial charge in [0.15, 0.2) is 0 Å². The first-order valence-electron chi connectivity index (χ1n) is 6.44. The van der Waals surface area contributed by atoms with Gasteiger partial charge in [-0.15, -0.1) is 16.9 Å². The number of aromatic nitrogens is 2. The maximum absolute atomic E-state index is 7.79. The van der Waals surface area contributed by atoms with Crippen molar-refractivity contribution in [2.24, 2.45) is 5.73 Å². The van der Waals surface area contributed by atoms with Crippen LogP contribution in [0, 0.1) is 5.41 Å². The van der Waals surface area contributed by atoms with Gasteiger partial charge in [-0.1, -0.05) is 27.7 Å². The summed E-state index contributed by atoms with van der Waals surface area (Å²) in [5.41, 5.74) is 8.55. The van der Waals surface area contributed by atoms with Gasteiger partial charge in [0.1, 0.15) is 10.9 Å². The van der Waals surface area contributed by atoms with Gasteiger partial charge in [-0.2, -0.15) is 5.10 Å². The number of hydrogen-bond donors (Lipinski definition) is 2. The van der Waals surface area contributed by atoms with Crippen LogP contribution in [0.4, 0.5) is 0 Å². The minimum atomic E-state index is 0.0993. The Bertz CT molecular complexity index is 431. The first-order valence-corrected chi connectivity index (χ1v) is 7.32. The fourth-order valence-corrected chi connectivity index (χ4v) is 2.78. The number of nitrogen functional groups attached to an aromatic ring is 1. The van der Waals surface area contributed by atoms with Crippen molar-refractivity contribution in [1.82, 2.24) is 10.2 Å². The van der Waals surface area contributed by atoms with E-state index < -0.39 is 0 Å². The van der Waals surface area contributed by atoms with Gasteiger partial charge in [0.2, 0.25) is 0 Å². The highest BCUT2D eigenvalue weighted by Crippen LogP contribution is 2.29. The number of amidine groups is 1. The van der Waals surface area contributed by atoms with E-state index in [1.807, 2.05) is 0 Å². The van der Waals surface area contributed by atoms with Crippen LogP contribution in [0.5, 0.6) is 0 Å². The van der Waals surface area contributed by atoms with Crippen LogP contribution in [-0.2, 0) is 12.8 Å². The maximum atomic E-state index is 7.79. The molecule has 0 saturated carbocycles. The Hall–Kier alpha value is -1.10. The highest BCUT2D eigenvalue weighted by atomic mass is 32.2. The Balaban J connectivity index is 3.30. The van der Waals surface area contributed by atoms with Crippen molar-refractivity contribution < 1.29 is 0 Å². The summed E-state index contributed by atoms with van der Waals surface area (Å²) < 4.78 is 0. The average Bonchev–Trinajstić information content (AvgIpc) is 2.37. The van der Waals surface area contributed by atoms with Gasteiger partial charge in [-0.25, -0.2) is 0 Å². The highest BCUT2D eigenvalue weighted by Gasteiger charge is 2.18. The van der Waals surface area contributed by atoms with Crippen molar-refractivity contribution in [1.29, 1.82) is 5.41 Å². The van der Waals surface area contributed by atoms with Crippen LogP contribution in [0.1, 0.15) is 50.9 Å². The summed E-state index contributed by atoms with van der Waals surface area (Å²) in [6, 6.07) is 0. The molecule has 0 aliphatic heterocycles. The Kier molecular flexibility index (Phi) is 5.59. The van der Waals surface area contributed by atoms with Gasteiger partial charge < -0.3 is 5.73 Å². The quantitative estimate of drug-likeness (QED) is 0.471. The molecule has 1 aromatic rings. The van der Waals surface area contributed by atoms with Crippen molar-refractivity contribution in [3.8, 4) is 0 Å². The molecule has 5 heteroatoms. The summed E-state index contributed by atoms with van der Waals surface area (Å²) in [5.74, 6) is 0.0993. The van der Waals surface area contributed by atoms with Crippen molar-refractivity contribution in [3.63, 3.8) is 0 Å². The number of nitrogens with zero attached hydrogens (tertiary/aromatic N) is 2. The van der Waals surface area contributed by atoms with Gasteiger partial charge in [0.05, 0.1) is 11.3 Å². The highest BCUT2D eigenvalue weighted by molar-refractivity contribution is 7.99. The van der Waals surface area contributed by atoms with E-state index in [4.69, 9.17) is 11.1 Å². The van der Waals surface area contributed by atoms with E-state index in [9.17, 15) is 0 Å². The summed E-state index contributed by atoms with van der Waals surface area (Å²) in [6.07, 6.45) is 2.72. The molecule has 1 atom stereocenters. The molecule has 100 valence electrons. The molecule has 0 saturated heterocycles. The minimum Gasteiger partial charge on any atom is -0.384 e. The van der Waals surface area contributed by atoms with E-state index in [2.05, 4.69) is 37.9 Å². The molecule has 1 rings (SSSR count). The van der Waals surface area contributed by atoms with Crippen LogP contribution in [0.2, 0.25) is 0 Å². The molecule has 4 nitrogen and oxygen atoms in total. The molecule has 0 fully saturated rings. The second-order valence-electron chi connectivity index (χ2n) is 4.26. The van der Waals surface area contributed by atoms with Crippen molar-refractivity contribution >= 4 is 17.6 Å². The van der Waals surface area contributed by atoms with Crippen LogP contribution in [0.25, 0.3) is 0 Å². The predicted molar refractivity (Wildman–Crippen MR) is 77.4 cm³/mol. The Morgan fingerprint density at radius 1 is 1.28 bits per heavy atom. The Morgan fingerprint density at radius 2 is 1.94 bits per heavy atom. The molecule has 0 aromatic carbocycles. The molecule has 1 unspecified atom stereocenters. The first kappa shape index (κ1) is 15.0. The molecule has 0 spiro atoms. The largest absolute Gasteiger partial charge is 0.384 e. The van der Waals surface area contributed by atoms with Gasteiger partial charge in [0.25, 0.3) is 0 Å². The standard InChI is InChI=1S/C13H22N4S/c1-5-8(4)18-13-11(12(14)15)9(6-2)10(7-3)16-17-13/h8H,5-7H2,1-4H3,(H3,14,15).